The van der Waals surface area contributed by atoms with Crippen molar-refractivity contribution in [2.24, 2.45) is 0 Å². The molecule has 0 N–H and O–H groups in total. The topological polar surface area (TPSA) is 43.6 Å². The lowest BCUT2D eigenvalue weighted by molar-refractivity contribution is 0.883. The summed E-state index contributed by atoms with van der Waals surface area (Å²) in [6.45, 7) is 0. The van der Waals surface area contributed by atoms with Crippen LogP contribution in [0.4, 0.5) is 0 Å². The Bertz CT molecular complexity index is 548. The number of hydrogen-bond acceptors (Lipinski definition) is 3. The summed E-state index contributed by atoms with van der Waals surface area (Å²) in [7, 11) is 0. The van der Waals surface area contributed by atoms with Crippen LogP contribution in [-0.4, -0.2) is 19.7 Å². The van der Waals surface area contributed by atoms with Crippen molar-refractivity contribution in [3.05, 3.63) is 61.1 Å². The molecule has 0 unspecified atom stereocenters. The van der Waals surface area contributed by atoms with Crippen LogP contribution in [0.2, 0.25) is 0 Å². The zero-order valence-corrected chi connectivity index (χ0v) is 9.06. The standard InChI is InChI=1S/C13H10N4/c1-2-6-11(7-3-1)17-13(15-10-16-17)12-8-4-5-9-14-12/h1-10H. The minimum atomic E-state index is 0.747. The number of hydrogen-bond donors (Lipinski definition) is 0. The highest BCUT2D eigenvalue weighted by Gasteiger charge is 2.08. The van der Waals surface area contributed by atoms with Gasteiger partial charge in [0.25, 0.3) is 0 Å². The third-order valence-electron chi connectivity index (χ3n) is 2.44. The van der Waals surface area contributed by atoms with E-state index in [0.29, 0.717) is 0 Å². The van der Waals surface area contributed by atoms with Crippen molar-refractivity contribution in [3.63, 3.8) is 0 Å². The van der Waals surface area contributed by atoms with E-state index in [1.54, 1.807) is 10.9 Å². The van der Waals surface area contributed by atoms with Crippen LogP contribution >= 0.6 is 0 Å². The second-order valence-electron chi connectivity index (χ2n) is 3.55. The third kappa shape index (κ3) is 1.80. The van der Waals surface area contributed by atoms with Crippen molar-refractivity contribution in [1.29, 1.82) is 0 Å². The van der Waals surface area contributed by atoms with Gasteiger partial charge in [0, 0.05) is 6.20 Å². The van der Waals surface area contributed by atoms with Gasteiger partial charge in [-0.3, -0.25) is 4.98 Å². The Kier molecular flexibility index (Phi) is 2.38. The summed E-state index contributed by atoms with van der Waals surface area (Å²) in [6, 6.07) is 15.6. The van der Waals surface area contributed by atoms with Gasteiger partial charge in [-0.1, -0.05) is 24.3 Å². The highest BCUT2D eigenvalue weighted by atomic mass is 15.3. The molecule has 0 amide bonds. The quantitative estimate of drug-likeness (QED) is 0.668. The Morgan fingerprint density at radius 1 is 0.824 bits per heavy atom. The predicted molar refractivity (Wildman–Crippen MR) is 64.6 cm³/mol. The van der Waals surface area contributed by atoms with Crippen LogP contribution in [-0.2, 0) is 0 Å². The second-order valence-corrected chi connectivity index (χ2v) is 3.55. The van der Waals surface area contributed by atoms with Crippen LogP contribution in [0.25, 0.3) is 17.2 Å². The van der Waals surface area contributed by atoms with Crippen molar-refractivity contribution in [2.75, 3.05) is 0 Å². The number of rotatable bonds is 2. The molecule has 4 heteroatoms. The first-order valence-electron chi connectivity index (χ1n) is 5.32. The first-order valence-corrected chi connectivity index (χ1v) is 5.32. The smallest absolute Gasteiger partial charge is 0.181 e. The van der Waals surface area contributed by atoms with Crippen LogP contribution in [0.5, 0.6) is 0 Å². The monoisotopic (exact) mass is 222 g/mol. The van der Waals surface area contributed by atoms with E-state index in [1.165, 1.54) is 6.33 Å². The molecule has 0 aliphatic heterocycles. The first kappa shape index (κ1) is 9.72. The molecule has 0 aliphatic rings. The number of benzene rings is 1. The van der Waals surface area contributed by atoms with Gasteiger partial charge in [-0.05, 0) is 24.3 Å². The first-order chi connectivity index (χ1) is 8.45. The summed E-state index contributed by atoms with van der Waals surface area (Å²) >= 11 is 0. The van der Waals surface area contributed by atoms with Crippen LogP contribution in [0, 0.1) is 0 Å². The van der Waals surface area contributed by atoms with E-state index < -0.39 is 0 Å². The lowest BCUT2D eigenvalue weighted by Crippen LogP contribution is -1.99. The fourth-order valence-corrected chi connectivity index (χ4v) is 1.67. The van der Waals surface area contributed by atoms with Crippen molar-refractivity contribution in [3.8, 4) is 17.2 Å². The summed E-state index contributed by atoms with van der Waals surface area (Å²) in [5, 5.41) is 4.23. The van der Waals surface area contributed by atoms with Crippen molar-refractivity contribution in [1.82, 2.24) is 19.7 Å². The SMILES string of the molecule is c1ccc(-n2ncnc2-c2ccccn2)cc1. The molecule has 2 aromatic heterocycles. The molecule has 0 atom stereocenters. The number of pyridine rings is 1. The largest absolute Gasteiger partial charge is 0.253 e. The minimum Gasteiger partial charge on any atom is -0.253 e. The molecule has 1 aromatic carbocycles. The molecule has 3 aromatic rings. The van der Waals surface area contributed by atoms with Gasteiger partial charge in [0.2, 0.25) is 0 Å². The van der Waals surface area contributed by atoms with Crippen LogP contribution < -0.4 is 0 Å². The Balaban J connectivity index is 2.13. The van der Waals surface area contributed by atoms with Gasteiger partial charge in [-0.2, -0.15) is 5.10 Å². The van der Waals surface area contributed by atoms with Crippen LogP contribution in [0.15, 0.2) is 61.1 Å². The van der Waals surface area contributed by atoms with Crippen molar-refractivity contribution < 1.29 is 0 Å². The van der Waals surface area contributed by atoms with Crippen molar-refractivity contribution >= 4 is 0 Å². The van der Waals surface area contributed by atoms with Gasteiger partial charge in [-0.15, -0.1) is 0 Å². The zero-order valence-electron chi connectivity index (χ0n) is 9.06. The summed E-state index contributed by atoms with van der Waals surface area (Å²) in [4.78, 5) is 8.54. The Morgan fingerprint density at radius 2 is 1.65 bits per heavy atom. The van der Waals surface area contributed by atoms with Crippen LogP contribution in [0.1, 0.15) is 0 Å². The molecule has 0 aliphatic carbocycles. The summed E-state index contributed by atoms with van der Waals surface area (Å²) in [5.41, 5.74) is 1.79. The highest BCUT2D eigenvalue weighted by molar-refractivity contribution is 5.52. The molecule has 0 saturated heterocycles. The number of aromatic nitrogens is 4. The molecule has 82 valence electrons. The molecule has 2 heterocycles. The summed E-state index contributed by atoms with van der Waals surface area (Å²) in [5.74, 6) is 0.747. The molecular formula is C13H10N4. The van der Waals surface area contributed by atoms with E-state index in [9.17, 15) is 0 Å². The second kappa shape index (κ2) is 4.17. The Labute approximate surface area is 98.6 Å². The average molecular weight is 222 g/mol. The molecule has 0 radical (unpaired) electrons. The maximum absolute atomic E-state index is 4.28. The molecule has 0 saturated carbocycles. The molecule has 17 heavy (non-hydrogen) atoms. The van der Waals surface area contributed by atoms with E-state index in [-0.39, 0.29) is 0 Å². The van der Waals surface area contributed by atoms with Crippen molar-refractivity contribution in [2.45, 2.75) is 0 Å². The molecule has 3 rings (SSSR count). The lowest BCUT2D eigenvalue weighted by atomic mass is 10.3. The molecule has 0 fully saturated rings. The van der Waals surface area contributed by atoms with E-state index in [2.05, 4.69) is 15.1 Å². The van der Waals surface area contributed by atoms with E-state index in [1.807, 2.05) is 48.5 Å². The highest BCUT2D eigenvalue weighted by Crippen LogP contribution is 2.16. The summed E-state index contributed by atoms with van der Waals surface area (Å²) in [6.07, 6.45) is 3.29. The summed E-state index contributed by atoms with van der Waals surface area (Å²) < 4.78 is 1.78. The minimum absolute atomic E-state index is 0.747. The Morgan fingerprint density at radius 3 is 2.41 bits per heavy atom. The molecular weight excluding hydrogens is 212 g/mol. The average Bonchev–Trinajstić information content (AvgIpc) is 2.90. The van der Waals surface area contributed by atoms with Gasteiger partial charge < -0.3 is 0 Å². The molecule has 0 bridgehead atoms. The normalized spacial score (nSPS) is 10.4. The molecule has 0 spiro atoms. The van der Waals surface area contributed by atoms with Gasteiger partial charge in [0.1, 0.15) is 12.0 Å². The number of para-hydroxylation sites is 1. The number of nitrogens with zero attached hydrogens (tertiary/aromatic N) is 4. The van der Waals surface area contributed by atoms with Gasteiger partial charge in [0.05, 0.1) is 5.69 Å². The van der Waals surface area contributed by atoms with Gasteiger partial charge in [0.15, 0.2) is 5.82 Å². The lowest BCUT2D eigenvalue weighted by Gasteiger charge is -2.04. The molecule has 4 nitrogen and oxygen atoms in total. The Hall–Kier alpha value is -2.49. The van der Waals surface area contributed by atoms with E-state index >= 15 is 0 Å². The fraction of sp³-hybridized carbons (Fsp3) is 0. The predicted octanol–water partition coefficient (Wildman–Crippen LogP) is 2.33. The zero-order chi connectivity index (χ0) is 11.5. The van der Waals surface area contributed by atoms with Gasteiger partial charge in [-0.25, -0.2) is 9.67 Å². The maximum Gasteiger partial charge on any atom is 0.181 e. The van der Waals surface area contributed by atoms with Crippen LogP contribution in [0.3, 0.4) is 0 Å². The van der Waals surface area contributed by atoms with Gasteiger partial charge >= 0.3 is 0 Å². The third-order valence-corrected chi connectivity index (χ3v) is 2.44. The van der Waals surface area contributed by atoms with E-state index in [0.717, 1.165) is 17.2 Å². The maximum atomic E-state index is 4.28. The van der Waals surface area contributed by atoms with E-state index in [4.69, 9.17) is 0 Å². The fourth-order valence-electron chi connectivity index (χ4n) is 1.67.